The smallest absolute Gasteiger partial charge is 0.143 e. The van der Waals surface area contributed by atoms with E-state index in [1.54, 1.807) is 10.9 Å². The molecule has 1 saturated heterocycles. The Morgan fingerprint density at radius 1 is 1.35 bits per heavy atom. The van der Waals surface area contributed by atoms with Crippen molar-refractivity contribution < 1.29 is 9.53 Å². The lowest BCUT2D eigenvalue weighted by molar-refractivity contribution is -0.121. The van der Waals surface area contributed by atoms with Crippen molar-refractivity contribution in [1.82, 2.24) is 25.1 Å². The number of carbonyl (C=O) groups is 1. The van der Waals surface area contributed by atoms with Gasteiger partial charge in [-0.05, 0) is 11.6 Å². The zero-order valence-electron chi connectivity index (χ0n) is 14.7. The van der Waals surface area contributed by atoms with Crippen LogP contribution in [0.5, 0.6) is 0 Å². The van der Waals surface area contributed by atoms with Gasteiger partial charge in [-0.15, -0.1) is 0 Å². The molecule has 0 amide bonds. The maximum atomic E-state index is 12.3. The second-order valence-corrected chi connectivity index (χ2v) is 6.58. The molecule has 7 nitrogen and oxygen atoms in total. The number of hydrogen-bond donors (Lipinski definition) is 1. The van der Waals surface area contributed by atoms with E-state index in [-0.39, 0.29) is 18.3 Å². The van der Waals surface area contributed by atoms with Gasteiger partial charge >= 0.3 is 0 Å². The molecule has 26 heavy (non-hydrogen) atoms. The summed E-state index contributed by atoms with van der Waals surface area (Å²) in [6, 6.07) is 6.03. The molecule has 1 N–H and O–H groups in total. The van der Waals surface area contributed by atoms with Gasteiger partial charge < -0.3 is 10.1 Å². The minimum absolute atomic E-state index is 0.0473. The fourth-order valence-corrected chi connectivity index (χ4v) is 3.15. The predicted molar refractivity (Wildman–Crippen MR) is 97.7 cm³/mol. The highest BCUT2D eigenvalue weighted by Gasteiger charge is 2.18. The van der Waals surface area contributed by atoms with E-state index in [1.807, 2.05) is 37.6 Å². The average molecular weight is 351 g/mol. The molecule has 134 valence electrons. The Labute approximate surface area is 151 Å². The minimum atomic E-state index is -0.0473. The standard InChI is InChI=1S/C19H21N5O2/c1-24-12-15(10-22-24)13-2-3-14-9-21-19(23-18(14)6-13)8-16(25)7-17-11-20-4-5-26-17/h2-3,6,9-10,12,17,20H,4-5,7-8,11H2,1H3. The van der Waals surface area contributed by atoms with Gasteiger partial charge in [0.2, 0.25) is 0 Å². The first-order chi connectivity index (χ1) is 12.7. The molecule has 3 aromatic rings. The van der Waals surface area contributed by atoms with E-state index in [4.69, 9.17) is 4.74 Å². The van der Waals surface area contributed by atoms with Crippen molar-refractivity contribution in [2.24, 2.45) is 7.05 Å². The number of nitrogens with one attached hydrogen (secondary N) is 1. The maximum Gasteiger partial charge on any atom is 0.143 e. The van der Waals surface area contributed by atoms with Gasteiger partial charge in [0, 0.05) is 49.9 Å². The first-order valence-corrected chi connectivity index (χ1v) is 8.76. The van der Waals surface area contributed by atoms with Gasteiger partial charge in [0.05, 0.1) is 30.8 Å². The normalized spacial score (nSPS) is 17.5. The zero-order valence-corrected chi connectivity index (χ0v) is 14.7. The number of morpholine rings is 1. The van der Waals surface area contributed by atoms with Crippen LogP contribution in [0.15, 0.2) is 36.8 Å². The number of benzene rings is 1. The van der Waals surface area contributed by atoms with Crippen LogP contribution in [-0.4, -0.2) is 51.3 Å². The zero-order chi connectivity index (χ0) is 17.9. The number of Topliss-reactive ketones (excluding diaryl/α,β-unsaturated/α-hetero) is 1. The third-order valence-electron chi connectivity index (χ3n) is 4.49. The van der Waals surface area contributed by atoms with Crippen molar-refractivity contribution in [2.45, 2.75) is 18.9 Å². The van der Waals surface area contributed by atoms with Crippen LogP contribution in [0.25, 0.3) is 22.0 Å². The number of ether oxygens (including phenoxy) is 1. The molecule has 1 aliphatic rings. The molecule has 0 saturated carbocycles. The van der Waals surface area contributed by atoms with Gasteiger partial charge in [-0.2, -0.15) is 5.10 Å². The van der Waals surface area contributed by atoms with Gasteiger partial charge in [0.1, 0.15) is 11.6 Å². The topological polar surface area (TPSA) is 81.9 Å². The monoisotopic (exact) mass is 351 g/mol. The summed E-state index contributed by atoms with van der Waals surface area (Å²) in [6.45, 7) is 2.22. The molecular formula is C19H21N5O2. The van der Waals surface area contributed by atoms with E-state index in [0.717, 1.165) is 35.1 Å². The first kappa shape index (κ1) is 16.8. The maximum absolute atomic E-state index is 12.3. The van der Waals surface area contributed by atoms with E-state index in [2.05, 4.69) is 20.4 Å². The van der Waals surface area contributed by atoms with Gasteiger partial charge in [-0.25, -0.2) is 9.97 Å². The Hall–Kier alpha value is -2.64. The van der Waals surface area contributed by atoms with Crippen LogP contribution in [0.4, 0.5) is 0 Å². The van der Waals surface area contributed by atoms with Gasteiger partial charge in [0.15, 0.2) is 0 Å². The van der Waals surface area contributed by atoms with Crippen LogP contribution in [-0.2, 0) is 23.0 Å². The molecule has 2 aromatic heterocycles. The Bertz CT molecular complexity index is 931. The van der Waals surface area contributed by atoms with Crippen LogP contribution >= 0.6 is 0 Å². The molecule has 1 atom stereocenters. The van der Waals surface area contributed by atoms with Crippen molar-refractivity contribution in [3.63, 3.8) is 0 Å². The molecule has 3 heterocycles. The van der Waals surface area contributed by atoms with Crippen molar-refractivity contribution in [1.29, 1.82) is 0 Å². The lowest BCUT2D eigenvalue weighted by Gasteiger charge is -2.22. The average Bonchev–Trinajstić information content (AvgIpc) is 3.08. The van der Waals surface area contributed by atoms with Crippen molar-refractivity contribution in [3.8, 4) is 11.1 Å². The Balaban J connectivity index is 1.51. The van der Waals surface area contributed by atoms with Gasteiger partial charge in [-0.3, -0.25) is 9.48 Å². The van der Waals surface area contributed by atoms with E-state index in [9.17, 15) is 4.79 Å². The third kappa shape index (κ3) is 3.79. The van der Waals surface area contributed by atoms with E-state index < -0.39 is 0 Å². The number of carbonyl (C=O) groups excluding carboxylic acids is 1. The lowest BCUT2D eigenvalue weighted by atomic mass is 10.1. The number of rotatable bonds is 5. The second-order valence-electron chi connectivity index (χ2n) is 6.58. The number of hydrogen-bond acceptors (Lipinski definition) is 6. The molecule has 0 aliphatic carbocycles. The quantitative estimate of drug-likeness (QED) is 0.751. The number of aromatic nitrogens is 4. The number of nitrogens with zero attached hydrogens (tertiary/aromatic N) is 4. The van der Waals surface area contributed by atoms with Crippen LogP contribution in [0, 0.1) is 0 Å². The summed E-state index contributed by atoms with van der Waals surface area (Å²) in [5.74, 6) is 0.649. The molecule has 0 spiro atoms. The van der Waals surface area contributed by atoms with Crippen molar-refractivity contribution in [3.05, 3.63) is 42.6 Å². The molecule has 0 bridgehead atoms. The largest absolute Gasteiger partial charge is 0.375 e. The predicted octanol–water partition coefficient (Wildman–Crippen LogP) is 1.52. The van der Waals surface area contributed by atoms with Crippen LogP contribution in [0.2, 0.25) is 0 Å². The summed E-state index contributed by atoms with van der Waals surface area (Å²) in [4.78, 5) is 21.2. The summed E-state index contributed by atoms with van der Waals surface area (Å²) >= 11 is 0. The van der Waals surface area contributed by atoms with E-state index in [0.29, 0.717) is 18.9 Å². The second kappa shape index (κ2) is 7.31. The number of ketones is 1. The summed E-state index contributed by atoms with van der Waals surface area (Å²) in [5.41, 5.74) is 2.91. The molecule has 0 radical (unpaired) electrons. The van der Waals surface area contributed by atoms with E-state index in [1.165, 1.54) is 0 Å². The summed E-state index contributed by atoms with van der Waals surface area (Å²) in [6.07, 6.45) is 6.14. The highest BCUT2D eigenvalue weighted by atomic mass is 16.5. The number of fused-ring (bicyclic) bond motifs is 1. The van der Waals surface area contributed by atoms with Gasteiger partial charge in [-0.1, -0.05) is 12.1 Å². The minimum Gasteiger partial charge on any atom is -0.375 e. The Morgan fingerprint density at radius 2 is 2.27 bits per heavy atom. The summed E-state index contributed by atoms with van der Waals surface area (Å²) < 4.78 is 7.36. The fraction of sp³-hybridized carbons (Fsp3) is 0.368. The molecule has 7 heteroatoms. The third-order valence-corrected chi connectivity index (χ3v) is 4.49. The molecular weight excluding hydrogens is 330 g/mol. The number of aryl methyl sites for hydroxylation is 1. The fourth-order valence-electron chi connectivity index (χ4n) is 3.15. The molecule has 1 fully saturated rings. The lowest BCUT2D eigenvalue weighted by Crippen LogP contribution is -2.39. The molecule has 1 unspecified atom stereocenters. The van der Waals surface area contributed by atoms with E-state index >= 15 is 0 Å². The van der Waals surface area contributed by atoms with Crippen molar-refractivity contribution in [2.75, 3.05) is 19.7 Å². The summed E-state index contributed by atoms with van der Waals surface area (Å²) in [7, 11) is 1.89. The molecule has 1 aromatic carbocycles. The van der Waals surface area contributed by atoms with Crippen molar-refractivity contribution >= 4 is 16.7 Å². The highest BCUT2D eigenvalue weighted by Crippen LogP contribution is 2.22. The summed E-state index contributed by atoms with van der Waals surface area (Å²) in [5, 5.41) is 8.40. The molecule has 4 rings (SSSR count). The van der Waals surface area contributed by atoms with Crippen LogP contribution in [0.3, 0.4) is 0 Å². The van der Waals surface area contributed by atoms with Gasteiger partial charge in [0.25, 0.3) is 0 Å². The Morgan fingerprint density at radius 3 is 3.04 bits per heavy atom. The highest BCUT2D eigenvalue weighted by molar-refractivity contribution is 5.84. The SMILES string of the molecule is Cn1cc(-c2ccc3cnc(CC(=O)CC4CNCCO4)nc3c2)cn1. The molecule has 1 aliphatic heterocycles. The van der Waals surface area contributed by atoms with Crippen LogP contribution < -0.4 is 5.32 Å². The Kier molecular flexibility index (Phi) is 4.73. The van der Waals surface area contributed by atoms with Crippen LogP contribution in [0.1, 0.15) is 12.2 Å². The first-order valence-electron chi connectivity index (χ1n) is 8.76.